The van der Waals surface area contributed by atoms with E-state index in [2.05, 4.69) is 11.8 Å². The summed E-state index contributed by atoms with van der Waals surface area (Å²) in [4.78, 5) is 29.2. The molecular weight excluding hydrogens is 294 g/mol. The van der Waals surface area contributed by atoms with Crippen LogP contribution in [0.5, 0.6) is 0 Å². The highest BCUT2D eigenvalue weighted by Gasteiger charge is 2.29. The van der Waals surface area contributed by atoms with Crippen molar-refractivity contribution in [1.29, 1.82) is 0 Å². The number of benzene rings is 1. The third-order valence-electron chi connectivity index (χ3n) is 4.35. The van der Waals surface area contributed by atoms with Gasteiger partial charge < -0.3 is 14.3 Å². The lowest BCUT2D eigenvalue weighted by molar-refractivity contribution is 0.0622. The van der Waals surface area contributed by atoms with Gasteiger partial charge in [0.25, 0.3) is 5.91 Å². The number of aromatic nitrogens is 1. The first-order valence-corrected chi connectivity index (χ1v) is 7.89. The van der Waals surface area contributed by atoms with Crippen LogP contribution in [0.1, 0.15) is 17.4 Å². The number of nitrogens with zero attached hydrogens (tertiary/aromatic N) is 3. The van der Waals surface area contributed by atoms with Gasteiger partial charge in [0.2, 0.25) is 0 Å². The van der Waals surface area contributed by atoms with Crippen molar-refractivity contribution in [3.05, 3.63) is 46.4 Å². The maximum absolute atomic E-state index is 12.9. The van der Waals surface area contributed by atoms with Gasteiger partial charge in [0.1, 0.15) is 5.56 Å². The predicted molar refractivity (Wildman–Crippen MR) is 87.4 cm³/mol. The van der Waals surface area contributed by atoms with E-state index in [1.165, 1.54) is 4.74 Å². The molecule has 3 rings (SSSR count). The number of amides is 1. The molecule has 0 aliphatic carbocycles. The Labute approximate surface area is 134 Å². The summed E-state index contributed by atoms with van der Waals surface area (Å²) in [6.45, 7) is 6.15. The summed E-state index contributed by atoms with van der Waals surface area (Å²) in [6, 6.07) is 9.20. The van der Waals surface area contributed by atoms with Gasteiger partial charge in [-0.15, -0.1) is 0 Å². The van der Waals surface area contributed by atoms with E-state index in [0.717, 1.165) is 19.6 Å². The molecule has 23 heavy (non-hydrogen) atoms. The van der Waals surface area contributed by atoms with Crippen molar-refractivity contribution in [3.63, 3.8) is 0 Å². The zero-order valence-corrected chi connectivity index (χ0v) is 13.5. The van der Waals surface area contributed by atoms with E-state index >= 15 is 0 Å². The molecule has 2 heterocycles. The van der Waals surface area contributed by atoms with E-state index in [4.69, 9.17) is 4.52 Å². The molecule has 6 nitrogen and oxygen atoms in total. The topological polar surface area (TPSA) is 58.7 Å². The highest BCUT2D eigenvalue weighted by Crippen LogP contribution is 2.22. The van der Waals surface area contributed by atoms with Gasteiger partial charge in [0, 0.05) is 33.2 Å². The van der Waals surface area contributed by atoms with Gasteiger partial charge in [-0.2, -0.15) is 0 Å². The number of likely N-dealkylation sites (N-methyl/N-ethyl adjacent to an activating group) is 1. The Hall–Kier alpha value is -2.34. The quantitative estimate of drug-likeness (QED) is 0.859. The minimum absolute atomic E-state index is 0.145. The van der Waals surface area contributed by atoms with Crippen molar-refractivity contribution in [2.45, 2.75) is 6.92 Å². The summed E-state index contributed by atoms with van der Waals surface area (Å²) in [6.07, 6.45) is 0. The van der Waals surface area contributed by atoms with Crippen molar-refractivity contribution in [2.24, 2.45) is 7.05 Å². The number of aryl methyl sites for hydroxylation is 1. The molecule has 1 saturated heterocycles. The second kappa shape index (κ2) is 6.42. The Kier molecular flexibility index (Phi) is 4.34. The maximum atomic E-state index is 12.9. The molecule has 0 unspecified atom stereocenters. The molecule has 0 spiro atoms. The zero-order chi connectivity index (χ0) is 16.4. The van der Waals surface area contributed by atoms with Gasteiger partial charge >= 0.3 is 5.63 Å². The molecule has 1 aliphatic rings. The Morgan fingerprint density at radius 1 is 1.13 bits per heavy atom. The van der Waals surface area contributed by atoms with Crippen LogP contribution in [-0.4, -0.2) is 53.2 Å². The molecule has 0 saturated carbocycles. The van der Waals surface area contributed by atoms with E-state index < -0.39 is 5.63 Å². The molecule has 122 valence electrons. The monoisotopic (exact) mass is 315 g/mol. The SMILES string of the molecule is CCN1CCN(C(=O)c2c(-c3ccccc3)c(=O)on2C)CC1. The van der Waals surface area contributed by atoms with Crippen LogP contribution in [0, 0.1) is 0 Å². The second-order valence-corrected chi connectivity index (χ2v) is 5.69. The lowest BCUT2D eigenvalue weighted by Crippen LogP contribution is -2.48. The molecule has 2 aromatic rings. The fourth-order valence-corrected chi connectivity index (χ4v) is 2.99. The van der Waals surface area contributed by atoms with Gasteiger partial charge in [-0.05, 0) is 12.1 Å². The fraction of sp³-hybridized carbons (Fsp3) is 0.412. The van der Waals surface area contributed by atoms with Crippen LogP contribution in [-0.2, 0) is 7.05 Å². The van der Waals surface area contributed by atoms with Crippen molar-refractivity contribution >= 4 is 5.91 Å². The van der Waals surface area contributed by atoms with E-state index in [1.807, 2.05) is 30.3 Å². The smallest absolute Gasteiger partial charge is 0.335 e. The Morgan fingerprint density at radius 2 is 1.78 bits per heavy atom. The molecule has 1 amide bonds. The van der Waals surface area contributed by atoms with Crippen molar-refractivity contribution in [3.8, 4) is 11.1 Å². The Bertz CT molecular complexity index is 740. The van der Waals surface area contributed by atoms with Gasteiger partial charge in [0.15, 0.2) is 5.69 Å². The van der Waals surface area contributed by atoms with Crippen LogP contribution in [0.4, 0.5) is 0 Å². The Balaban J connectivity index is 1.94. The standard InChI is InChI=1S/C17H21N3O3/c1-3-19-9-11-20(12-10-19)16(21)15-14(17(22)23-18(15)2)13-7-5-4-6-8-13/h4-8H,3,9-12H2,1-2H3. The van der Waals surface area contributed by atoms with Crippen LogP contribution in [0.3, 0.4) is 0 Å². The highest BCUT2D eigenvalue weighted by molar-refractivity contribution is 5.99. The van der Waals surface area contributed by atoms with Crippen LogP contribution in [0.2, 0.25) is 0 Å². The summed E-state index contributed by atoms with van der Waals surface area (Å²) in [7, 11) is 1.60. The van der Waals surface area contributed by atoms with Crippen molar-refractivity contribution in [1.82, 2.24) is 14.5 Å². The summed E-state index contributed by atoms with van der Waals surface area (Å²) in [5, 5.41) is 0. The summed E-state index contributed by atoms with van der Waals surface area (Å²) >= 11 is 0. The Morgan fingerprint density at radius 3 is 2.39 bits per heavy atom. The number of carbonyl (C=O) groups excluding carboxylic acids is 1. The molecule has 1 aromatic heterocycles. The maximum Gasteiger partial charge on any atom is 0.366 e. The normalized spacial score (nSPS) is 15.8. The molecular formula is C17H21N3O3. The van der Waals surface area contributed by atoms with Gasteiger partial charge in [-0.3, -0.25) is 4.79 Å². The van der Waals surface area contributed by atoms with Crippen molar-refractivity contribution < 1.29 is 9.32 Å². The average Bonchev–Trinajstić information content (AvgIpc) is 2.89. The minimum atomic E-state index is -0.478. The van der Waals surface area contributed by atoms with Gasteiger partial charge in [-0.25, -0.2) is 9.53 Å². The van der Waals surface area contributed by atoms with E-state index in [1.54, 1.807) is 11.9 Å². The largest absolute Gasteiger partial charge is 0.366 e. The van der Waals surface area contributed by atoms with Crippen LogP contribution in [0.25, 0.3) is 11.1 Å². The molecule has 1 aliphatic heterocycles. The summed E-state index contributed by atoms with van der Waals surface area (Å²) in [5.74, 6) is -0.145. The third kappa shape index (κ3) is 2.94. The first-order valence-electron chi connectivity index (χ1n) is 7.89. The van der Waals surface area contributed by atoms with Crippen LogP contribution in [0.15, 0.2) is 39.6 Å². The number of carbonyl (C=O) groups is 1. The molecule has 1 aromatic carbocycles. The molecule has 1 fully saturated rings. The fourth-order valence-electron chi connectivity index (χ4n) is 2.99. The molecule has 0 radical (unpaired) electrons. The summed E-state index contributed by atoms with van der Waals surface area (Å²) < 4.78 is 6.45. The van der Waals surface area contributed by atoms with Crippen molar-refractivity contribution in [2.75, 3.05) is 32.7 Å². The minimum Gasteiger partial charge on any atom is -0.335 e. The highest BCUT2D eigenvalue weighted by atomic mass is 16.5. The van der Waals surface area contributed by atoms with E-state index in [-0.39, 0.29) is 5.91 Å². The lowest BCUT2D eigenvalue weighted by atomic mass is 10.1. The van der Waals surface area contributed by atoms with Gasteiger partial charge in [0.05, 0.1) is 0 Å². The zero-order valence-electron chi connectivity index (χ0n) is 13.5. The number of rotatable bonds is 3. The molecule has 0 bridgehead atoms. The third-order valence-corrected chi connectivity index (χ3v) is 4.35. The summed E-state index contributed by atoms with van der Waals surface area (Å²) in [5.41, 5.74) is 0.897. The van der Waals surface area contributed by atoms with Gasteiger partial charge in [-0.1, -0.05) is 37.3 Å². The molecule has 6 heteroatoms. The van der Waals surface area contributed by atoms with Crippen LogP contribution < -0.4 is 5.63 Å². The number of piperazine rings is 1. The molecule has 0 atom stereocenters. The first kappa shape index (κ1) is 15.6. The number of hydrogen-bond acceptors (Lipinski definition) is 4. The number of hydrogen-bond donors (Lipinski definition) is 0. The second-order valence-electron chi connectivity index (χ2n) is 5.69. The predicted octanol–water partition coefficient (Wildman–Crippen LogP) is 1.42. The molecule has 0 N–H and O–H groups in total. The lowest BCUT2D eigenvalue weighted by Gasteiger charge is -2.34. The van der Waals surface area contributed by atoms with E-state index in [9.17, 15) is 9.59 Å². The van der Waals surface area contributed by atoms with Crippen LogP contribution >= 0.6 is 0 Å². The van der Waals surface area contributed by atoms with E-state index in [0.29, 0.717) is 29.9 Å². The average molecular weight is 315 g/mol. The first-order chi connectivity index (χ1) is 11.1.